The van der Waals surface area contributed by atoms with Crippen LogP contribution in [-0.2, 0) is 0 Å². The molecule has 2 nitrogen and oxygen atoms in total. The monoisotopic (exact) mass is 224 g/mol. The molecule has 3 heteroatoms. The Labute approximate surface area is 94.2 Å². The average Bonchev–Trinajstić information content (AvgIpc) is 2.97. The highest BCUT2D eigenvalue weighted by atomic mass is 35.5. The van der Waals surface area contributed by atoms with Gasteiger partial charge in [0.25, 0.3) is 0 Å². The number of carbonyl (C=O) groups excluding carboxylic acids is 1. The third kappa shape index (κ3) is 2.72. The molecule has 1 aromatic carbocycles. The molecule has 0 radical (unpaired) electrons. The molecule has 0 unspecified atom stereocenters. The van der Waals surface area contributed by atoms with Gasteiger partial charge in [0.15, 0.2) is 5.78 Å². The number of rotatable bonds is 4. The van der Waals surface area contributed by atoms with Crippen molar-refractivity contribution in [2.24, 2.45) is 5.92 Å². The van der Waals surface area contributed by atoms with Crippen LogP contribution in [0.4, 0.5) is 0 Å². The van der Waals surface area contributed by atoms with Crippen LogP contribution in [0, 0.1) is 5.92 Å². The standard InChI is InChI=1S/C12H13ClO2/c1-8(14)11-5-4-10(6-12(11)13)15-7-9-2-3-9/h4-6,9H,2-3,7H2,1H3. The normalized spacial score (nSPS) is 15.1. The molecular weight excluding hydrogens is 212 g/mol. The summed E-state index contributed by atoms with van der Waals surface area (Å²) in [5, 5.41) is 0.468. The van der Waals surface area contributed by atoms with Crippen LogP contribution in [0.25, 0.3) is 0 Å². The number of benzene rings is 1. The first-order valence-electron chi connectivity index (χ1n) is 5.10. The smallest absolute Gasteiger partial charge is 0.161 e. The van der Waals surface area contributed by atoms with Gasteiger partial charge >= 0.3 is 0 Å². The van der Waals surface area contributed by atoms with Crippen molar-refractivity contribution in [2.45, 2.75) is 19.8 Å². The van der Waals surface area contributed by atoms with Gasteiger partial charge in [0.1, 0.15) is 5.75 Å². The first-order valence-corrected chi connectivity index (χ1v) is 5.48. The summed E-state index contributed by atoms with van der Waals surface area (Å²) in [7, 11) is 0. The molecule has 0 amide bonds. The van der Waals surface area contributed by atoms with Crippen LogP contribution in [0.1, 0.15) is 30.1 Å². The fraction of sp³-hybridized carbons (Fsp3) is 0.417. The Morgan fingerprint density at radius 3 is 2.80 bits per heavy atom. The number of ether oxygens (including phenoxy) is 1. The third-order valence-electron chi connectivity index (χ3n) is 2.50. The van der Waals surface area contributed by atoms with Gasteiger partial charge in [0, 0.05) is 5.56 Å². The van der Waals surface area contributed by atoms with Crippen LogP contribution in [-0.4, -0.2) is 12.4 Å². The van der Waals surface area contributed by atoms with Crippen LogP contribution < -0.4 is 4.74 Å². The van der Waals surface area contributed by atoms with Crippen molar-refractivity contribution in [3.63, 3.8) is 0 Å². The van der Waals surface area contributed by atoms with Crippen LogP contribution >= 0.6 is 11.6 Å². The van der Waals surface area contributed by atoms with Gasteiger partial charge in [-0.2, -0.15) is 0 Å². The molecule has 0 aliphatic heterocycles. The fourth-order valence-corrected chi connectivity index (χ4v) is 1.67. The van der Waals surface area contributed by atoms with Crippen molar-refractivity contribution < 1.29 is 9.53 Å². The Morgan fingerprint density at radius 2 is 2.27 bits per heavy atom. The molecule has 80 valence electrons. The molecule has 1 fully saturated rings. The van der Waals surface area contributed by atoms with Crippen LogP contribution in [0.3, 0.4) is 0 Å². The Morgan fingerprint density at radius 1 is 1.53 bits per heavy atom. The van der Waals surface area contributed by atoms with E-state index in [0.29, 0.717) is 10.6 Å². The van der Waals surface area contributed by atoms with E-state index in [4.69, 9.17) is 16.3 Å². The Bertz CT molecular complexity index is 383. The molecule has 0 atom stereocenters. The quantitative estimate of drug-likeness (QED) is 0.734. The van der Waals surface area contributed by atoms with E-state index < -0.39 is 0 Å². The van der Waals surface area contributed by atoms with E-state index in [1.165, 1.54) is 19.8 Å². The third-order valence-corrected chi connectivity index (χ3v) is 2.82. The van der Waals surface area contributed by atoms with Gasteiger partial charge in [-0.15, -0.1) is 0 Å². The molecule has 0 saturated heterocycles. The first-order chi connectivity index (χ1) is 7.16. The number of Topliss-reactive ketones (excluding diaryl/α,β-unsaturated/α-hetero) is 1. The Balaban J connectivity index is 2.06. The van der Waals surface area contributed by atoms with Crippen LogP contribution in [0.15, 0.2) is 18.2 Å². The number of hydrogen-bond donors (Lipinski definition) is 0. The van der Waals surface area contributed by atoms with E-state index in [9.17, 15) is 4.79 Å². The summed E-state index contributed by atoms with van der Waals surface area (Å²) >= 11 is 5.95. The average molecular weight is 225 g/mol. The largest absolute Gasteiger partial charge is 0.493 e. The second-order valence-electron chi connectivity index (χ2n) is 3.95. The van der Waals surface area contributed by atoms with Gasteiger partial charge in [-0.1, -0.05) is 11.6 Å². The lowest BCUT2D eigenvalue weighted by atomic mass is 10.1. The zero-order chi connectivity index (χ0) is 10.8. The lowest BCUT2D eigenvalue weighted by molar-refractivity contribution is 0.101. The molecule has 0 N–H and O–H groups in total. The molecule has 0 spiro atoms. The number of carbonyl (C=O) groups is 1. The van der Waals surface area contributed by atoms with Gasteiger partial charge < -0.3 is 4.74 Å². The maximum atomic E-state index is 11.1. The second kappa shape index (κ2) is 4.23. The minimum atomic E-state index is -0.0197. The molecule has 2 rings (SSSR count). The predicted octanol–water partition coefficient (Wildman–Crippen LogP) is 3.33. The van der Waals surface area contributed by atoms with Gasteiger partial charge in [0.2, 0.25) is 0 Å². The van der Waals surface area contributed by atoms with E-state index in [0.717, 1.165) is 18.3 Å². The lowest BCUT2D eigenvalue weighted by Crippen LogP contribution is -2.00. The SMILES string of the molecule is CC(=O)c1ccc(OCC2CC2)cc1Cl. The summed E-state index contributed by atoms with van der Waals surface area (Å²) in [4.78, 5) is 11.1. The van der Waals surface area contributed by atoms with Crippen molar-refractivity contribution in [1.82, 2.24) is 0 Å². The van der Waals surface area contributed by atoms with E-state index in [-0.39, 0.29) is 5.78 Å². The zero-order valence-electron chi connectivity index (χ0n) is 8.63. The molecule has 0 bridgehead atoms. The highest BCUT2D eigenvalue weighted by molar-refractivity contribution is 6.34. The van der Waals surface area contributed by atoms with E-state index in [1.807, 2.05) is 0 Å². The lowest BCUT2D eigenvalue weighted by Gasteiger charge is -2.06. The molecular formula is C12H13ClO2. The van der Waals surface area contributed by atoms with E-state index in [1.54, 1.807) is 18.2 Å². The van der Waals surface area contributed by atoms with E-state index >= 15 is 0 Å². The summed E-state index contributed by atoms with van der Waals surface area (Å²) in [6.45, 7) is 2.27. The Hall–Kier alpha value is -1.02. The topological polar surface area (TPSA) is 26.3 Å². The molecule has 0 aromatic heterocycles. The number of ketones is 1. The zero-order valence-corrected chi connectivity index (χ0v) is 9.38. The highest BCUT2D eigenvalue weighted by Gasteiger charge is 2.22. The van der Waals surface area contributed by atoms with Gasteiger partial charge in [-0.3, -0.25) is 4.79 Å². The van der Waals surface area contributed by atoms with Gasteiger partial charge in [-0.25, -0.2) is 0 Å². The Kier molecular flexibility index (Phi) is 2.96. The maximum Gasteiger partial charge on any atom is 0.161 e. The summed E-state index contributed by atoms with van der Waals surface area (Å²) < 4.78 is 5.55. The van der Waals surface area contributed by atoms with Crippen LogP contribution in [0.5, 0.6) is 5.75 Å². The minimum Gasteiger partial charge on any atom is -0.493 e. The molecule has 1 aromatic rings. The predicted molar refractivity (Wildman–Crippen MR) is 59.7 cm³/mol. The molecule has 1 aliphatic rings. The van der Waals surface area contributed by atoms with Gasteiger partial charge in [-0.05, 0) is 43.9 Å². The summed E-state index contributed by atoms with van der Waals surface area (Å²) in [6, 6.07) is 5.22. The van der Waals surface area contributed by atoms with Crippen LogP contribution in [0.2, 0.25) is 5.02 Å². The van der Waals surface area contributed by atoms with Crippen molar-refractivity contribution in [1.29, 1.82) is 0 Å². The molecule has 15 heavy (non-hydrogen) atoms. The first kappa shape index (κ1) is 10.5. The van der Waals surface area contributed by atoms with Gasteiger partial charge in [0.05, 0.1) is 11.6 Å². The minimum absolute atomic E-state index is 0.0197. The van der Waals surface area contributed by atoms with E-state index in [2.05, 4.69) is 0 Å². The van der Waals surface area contributed by atoms with Crippen molar-refractivity contribution in [3.05, 3.63) is 28.8 Å². The second-order valence-corrected chi connectivity index (χ2v) is 4.36. The highest BCUT2D eigenvalue weighted by Crippen LogP contribution is 2.30. The van der Waals surface area contributed by atoms with Crippen molar-refractivity contribution >= 4 is 17.4 Å². The summed E-state index contributed by atoms with van der Waals surface area (Å²) in [5.41, 5.74) is 0.551. The summed E-state index contributed by atoms with van der Waals surface area (Å²) in [5.74, 6) is 1.45. The molecule has 1 aliphatic carbocycles. The maximum absolute atomic E-state index is 11.1. The van der Waals surface area contributed by atoms with Crippen molar-refractivity contribution in [3.8, 4) is 5.75 Å². The molecule has 1 saturated carbocycles. The number of halogens is 1. The molecule has 0 heterocycles. The fourth-order valence-electron chi connectivity index (χ4n) is 1.37. The summed E-state index contributed by atoms with van der Waals surface area (Å²) in [6.07, 6.45) is 2.53. The number of hydrogen-bond acceptors (Lipinski definition) is 2. The van der Waals surface area contributed by atoms with Crippen molar-refractivity contribution in [2.75, 3.05) is 6.61 Å².